The Hall–Kier alpha value is -3.49. The van der Waals surface area contributed by atoms with Gasteiger partial charge in [0.25, 0.3) is 5.91 Å². The number of halogens is 1. The first kappa shape index (κ1) is 24.6. The molecule has 2 aromatic carbocycles. The van der Waals surface area contributed by atoms with Gasteiger partial charge in [0.2, 0.25) is 5.88 Å². The van der Waals surface area contributed by atoms with E-state index in [9.17, 15) is 9.59 Å². The number of carbonyl (C=O) groups is 2. The van der Waals surface area contributed by atoms with Crippen molar-refractivity contribution >= 4 is 34.7 Å². The quantitative estimate of drug-likeness (QED) is 0.411. The lowest BCUT2D eigenvalue weighted by Crippen LogP contribution is -2.50. The second kappa shape index (κ2) is 11.8. The average Bonchev–Trinajstić information content (AvgIpc) is 2.88. The number of carbonyl (C=O) groups excluding carboxylic acids is 2. The van der Waals surface area contributed by atoms with Gasteiger partial charge in [0.1, 0.15) is 6.61 Å². The Morgan fingerprint density at radius 3 is 2.40 bits per heavy atom. The molecule has 0 aliphatic carbocycles. The van der Waals surface area contributed by atoms with E-state index in [0.717, 1.165) is 11.1 Å². The number of piperazine rings is 1. The maximum Gasteiger partial charge on any atom is 0.320 e. The van der Waals surface area contributed by atoms with E-state index in [1.165, 1.54) is 0 Å². The van der Waals surface area contributed by atoms with E-state index < -0.39 is 0 Å². The van der Waals surface area contributed by atoms with E-state index in [4.69, 9.17) is 21.1 Å². The van der Waals surface area contributed by atoms with E-state index in [0.29, 0.717) is 61.5 Å². The molecule has 8 nitrogen and oxygen atoms in total. The average molecular weight is 495 g/mol. The Labute approximate surface area is 209 Å². The minimum Gasteiger partial charge on any atom is -0.472 e. The van der Waals surface area contributed by atoms with Gasteiger partial charge in [-0.3, -0.25) is 14.5 Å². The number of ether oxygens (including phenoxy) is 2. The number of esters is 1. The van der Waals surface area contributed by atoms with Gasteiger partial charge in [0.05, 0.1) is 18.8 Å². The van der Waals surface area contributed by atoms with Crippen LogP contribution in [-0.2, 0) is 14.3 Å². The molecule has 0 N–H and O–H groups in total. The highest BCUT2D eigenvalue weighted by molar-refractivity contribution is 6.30. The Balaban J connectivity index is 1.32. The summed E-state index contributed by atoms with van der Waals surface area (Å²) in [6.07, 6.45) is 3.80. The van der Waals surface area contributed by atoms with E-state index in [-0.39, 0.29) is 18.4 Å². The molecule has 2 aromatic rings. The van der Waals surface area contributed by atoms with E-state index in [1.807, 2.05) is 41.3 Å². The van der Waals surface area contributed by atoms with Crippen molar-refractivity contribution in [2.45, 2.75) is 6.92 Å². The zero-order valence-corrected chi connectivity index (χ0v) is 20.3. The second-order valence-electron chi connectivity index (χ2n) is 8.08. The van der Waals surface area contributed by atoms with Crippen LogP contribution in [0.5, 0.6) is 0 Å². The first-order chi connectivity index (χ1) is 17.0. The minimum absolute atomic E-state index is 0.0414. The second-order valence-corrected chi connectivity index (χ2v) is 8.52. The predicted molar refractivity (Wildman–Crippen MR) is 133 cm³/mol. The Kier molecular flexibility index (Phi) is 8.28. The molecule has 1 amide bonds. The molecule has 9 heteroatoms. The zero-order chi connectivity index (χ0) is 24.6. The summed E-state index contributed by atoms with van der Waals surface area (Å²) in [5.74, 6) is 0.141. The van der Waals surface area contributed by atoms with Crippen LogP contribution in [-0.4, -0.2) is 67.6 Å². The number of hydrogen-bond acceptors (Lipinski definition) is 7. The molecule has 0 spiro atoms. The maximum atomic E-state index is 12.9. The van der Waals surface area contributed by atoms with Gasteiger partial charge in [-0.05, 0) is 60.5 Å². The van der Waals surface area contributed by atoms with Gasteiger partial charge in [-0.25, -0.2) is 0 Å². The van der Waals surface area contributed by atoms with Crippen LogP contribution in [0.4, 0.5) is 5.69 Å². The third-order valence-electron chi connectivity index (χ3n) is 5.69. The number of benzene rings is 2. The van der Waals surface area contributed by atoms with Crippen LogP contribution in [0.3, 0.4) is 0 Å². The molecular weight excluding hydrogens is 468 g/mol. The van der Waals surface area contributed by atoms with Crippen molar-refractivity contribution in [3.8, 4) is 0 Å². The Morgan fingerprint density at radius 1 is 1.00 bits per heavy atom. The van der Waals surface area contributed by atoms with Crippen LogP contribution in [0.25, 0.3) is 5.57 Å². The Bertz CT molecular complexity index is 1130. The molecule has 0 unspecified atom stereocenters. The highest BCUT2D eigenvalue weighted by Crippen LogP contribution is 2.25. The van der Waals surface area contributed by atoms with E-state index >= 15 is 0 Å². The van der Waals surface area contributed by atoms with Crippen molar-refractivity contribution in [3.05, 3.63) is 82.7 Å². The van der Waals surface area contributed by atoms with Crippen molar-refractivity contribution in [2.75, 3.05) is 45.9 Å². The molecule has 35 heavy (non-hydrogen) atoms. The van der Waals surface area contributed by atoms with Crippen LogP contribution < -0.4 is 0 Å². The topological polar surface area (TPSA) is 83.8 Å². The van der Waals surface area contributed by atoms with E-state index in [2.05, 4.69) is 10.2 Å². The molecule has 0 radical (unpaired) electrons. The largest absolute Gasteiger partial charge is 0.472 e. The lowest BCUT2D eigenvalue weighted by Gasteiger charge is -2.34. The molecule has 1 saturated heterocycles. The number of nitrogens with zero attached hydrogens (tertiary/aromatic N) is 4. The molecule has 1 fully saturated rings. The van der Waals surface area contributed by atoms with Crippen LogP contribution in [0.1, 0.15) is 22.8 Å². The summed E-state index contributed by atoms with van der Waals surface area (Å²) in [4.78, 5) is 28.3. The van der Waals surface area contributed by atoms with Gasteiger partial charge in [-0.1, -0.05) is 23.7 Å². The first-order valence-electron chi connectivity index (χ1n) is 11.5. The third-order valence-corrected chi connectivity index (χ3v) is 5.94. The summed E-state index contributed by atoms with van der Waals surface area (Å²) in [5.41, 5.74) is 3.22. The molecule has 2 aliphatic heterocycles. The summed E-state index contributed by atoms with van der Waals surface area (Å²) in [7, 11) is 0. The van der Waals surface area contributed by atoms with Gasteiger partial charge < -0.3 is 14.4 Å². The van der Waals surface area contributed by atoms with Crippen molar-refractivity contribution in [1.82, 2.24) is 9.80 Å². The zero-order valence-electron chi connectivity index (χ0n) is 19.5. The number of hydrogen-bond donors (Lipinski definition) is 0. The summed E-state index contributed by atoms with van der Waals surface area (Å²) >= 11 is 5.97. The summed E-state index contributed by atoms with van der Waals surface area (Å²) < 4.78 is 10.6. The number of allylic oxidation sites excluding steroid dienone is 2. The highest BCUT2D eigenvalue weighted by atomic mass is 35.5. The fraction of sp³-hybridized carbons (Fsp3) is 0.308. The van der Waals surface area contributed by atoms with Crippen LogP contribution >= 0.6 is 11.6 Å². The van der Waals surface area contributed by atoms with Gasteiger partial charge in [0, 0.05) is 42.8 Å². The van der Waals surface area contributed by atoms with Crippen LogP contribution in [0, 0.1) is 0 Å². The number of rotatable bonds is 7. The lowest BCUT2D eigenvalue weighted by molar-refractivity contribution is -0.144. The van der Waals surface area contributed by atoms with E-state index in [1.54, 1.807) is 36.1 Å². The first-order valence-corrected chi connectivity index (χ1v) is 11.9. The Morgan fingerprint density at radius 2 is 1.71 bits per heavy atom. The van der Waals surface area contributed by atoms with Gasteiger partial charge in [-0.2, -0.15) is 0 Å². The number of azo groups is 1. The monoisotopic (exact) mass is 494 g/mol. The van der Waals surface area contributed by atoms with Gasteiger partial charge in [-0.15, -0.1) is 10.2 Å². The van der Waals surface area contributed by atoms with Gasteiger partial charge in [0.15, 0.2) is 0 Å². The molecule has 4 rings (SSSR count). The van der Waals surface area contributed by atoms with Gasteiger partial charge >= 0.3 is 5.97 Å². The van der Waals surface area contributed by atoms with Crippen LogP contribution in [0.15, 0.2) is 76.8 Å². The smallest absolute Gasteiger partial charge is 0.320 e. The standard InChI is InChI=1S/C26H27ClN4O4/c1-2-34-25(32)18-30-12-14-31(15-13-30)26(33)20-5-9-23(10-6-20)28-29-24-17-21(11-16-35-24)19-3-7-22(27)8-4-19/h3-11,17H,2,12-16,18H2,1H3. The summed E-state index contributed by atoms with van der Waals surface area (Å²) in [5, 5.41) is 9.14. The van der Waals surface area contributed by atoms with Crippen molar-refractivity contribution in [1.29, 1.82) is 0 Å². The third kappa shape index (κ3) is 6.77. The maximum absolute atomic E-state index is 12.9. The molecular formula is C26H27ClN4O4. The summed E-state index contributed by atoms with van der Waals surface area (Å²) in [6.45, 7) is 5.23. The molecule has 0 atom stereocenters. The number of amides is 1. The van der Waals surface area contributed by atoms with Crippen molar-refractivity contribution < 1.29 is 19.1 Å². The molecule has 0 saturated carbocycles. The van der Waals surface area contributed by atoms with Crippen molar-refractivity contribution in [3.63, 3.8) is 0 Å². The molecule has 182 valence electrons. The highest BCUT2D eigenvalue weighted by Gasteiger charge is 2.23. The SMILES string of the molecule is CCOC(=O)CN1CCN(C(=O)c2ccc(N=NC3=CC(c4ccc(Cl)cc4)=CCO3)cc2)CC1. The fourth-order valence-corrected chi connectivity index (χ4v) is 3.94. The fourth-order valence-electron chi connectivity index (χ4n) is 3.81. The normalized spacial score (nSPS) is 16.5. The van der Waals surface area contributed by atoms with Crippen LogP contribution in [0.2, 0.25) is 5.02 Å². The predicted octanol–water partition coefficient (Wildman–Crippen LogP) is 4.70. The minimum atomic E-state index is -0.233. The molecule has 2 aliphatic rings. The molecule has 2 heterocycles. The lowest BCUT2D eigenvalue weighted by atomic mass is 10.0. The summed E-state index contributed by atoms with van der Waals surface area (Å²) in [6, 6.07) is 14.6. The molecule has 0 bridgehead atoms. The van der Waals surface area contributed by atoms with Crippen molar-refractivity contribution in [2.24, 2.45) is 10.2 Å². The molecule has 0 aromatic heterocycles.